The lowest BCUT2D eigenvalue weighted by Gasteiger charge is -2.48. The molecule has 2 N–H and O–H groups in total. The Morgan fingerprint density at radius 1 is 1.00 bits per heavy atom. The van der Waals surface area contributed by atoms with E-state index in [0.717, 1.165) is 23.2 Å². The third kappa shape index (κ3) is 7.49. The van der Waals surface area contributed by atoms with Crippen molar-refractivity contribution in [1.29, 1.82) is 0 Å². The maximum Gasteiger partial charge on any atom is 0.508 e. The van der Waals surface area contributed by atoms with E-state index in [0.29, 0.717) is 13.1 Å². The highest BCUT2D eigenvalue weighted by molar-refractivity contribution is 6.99. The monoisotopic (exact) mass is 557 g/mol. The van der Waals surface area contributed by atoms with E-state index >= 15 is 0 Å². The molecule has 1 aliphatic heterocycles. The number of nitrogens with zero attached hydrogens (tertiary/aromatic N) is 1. The molecule has 0 bridgehead atoms. The van der Waals surface area contributed by atoms with Crippen molar-refractivity contribution in [3.8, 4) is 0 Å². The molecule has 39 heavy (non-hydrogen) atoms. The van der Waals surface area contributed by atoms with Gasteiger partial charge in [-0.05, 0) is 34.3 Å². The first-order valence-corrected chi connectivity index (χ1v) is 16.1. The van der Waals surface area contributed by atoms with Gasteiger partial charge < -0.3 is 24.1 Å². The van der Waals surface area contributed by atoms with Crippen LogP contribution in [0.15, 0.2) is 60.7 Å². The van der Waals surface area contributed by atoms with Crippen LogP contribution < -0.4 is 10.4 Å². The summed E-state index contributed by atoms with van der Waals surface area (Å²) in [6.45, 7) is 14.1. The molecule has 1 aliphatic rings. The number of ether oxygens (including phenoxy) is 2. The highest BCUT2D eigenvalue weighted by Crippen LogP contribution is 2.37. The van der Waals surface area contributed by atoms with Gasteiger partial charge in [0.2, 0.25) is 0 Å². The topological polar surface area (TPSA) is 88.5 Å². The van der Waals surface area contributed by atoms with Gasteiger partial charge >= 0.3 is 6.16 Å². The van der Waals surface area contributed by atoms with Gasteiger partial charge in [-0.25, -0.2) is 4.79 Å². The molecule has 8 heteroatoms. The van der Waals surface area contributed by atoms with Crippen LogP contribution in [-0.4, -0.2) is 80.2 Å². The molecule has 0 radical (unpaired) electrons. The molecule has 1 heterocycles. The normalized spacial score (nSPS) is 22.6. The molecule has 0 aromatic heterocycles. The quantitative estimate of drug-likeness (QED) is 0.320. The largest absolute Gasteiger partial charge is 0.508 e. The zero-order valence-corrected chi connectivity index (χ0v) is 25.4. The number of unbranched alkanes of at least 4 members (excludes halogenated alkanes) is 1. The zero-order valence-electron chi connectivity index (χ0n) is 24.4. The summed E-state index contributed by atoms with van der Waals surface area (Å²) in [5.41, 5.74) is 0. The molecule has 1 saturated heterocycles. The summed E-state index contributed by atoms with van der Waals surface area (Å²) in [5.74, 6) is 0.170. The maximum atomic E-state index is 12.3. The minimum Gasteiger partial charge on any atom is -0.434 e. The zero-order chi connectivity index (χ0) is 28.6. The lowest BCUT2D eigenvalue weighted by Crippen LogP contribution is -2.69. The minimum absolute atomic E-state index is 0.170. The number of piperidine rings is 1. The van der Waals surface area contributed by atoms with Crippen molar-refractivity contribution < 1.29 is 28.9 Å². The Balaban J connectivity index is 1.91. The fraction of sp³-hybridized carbons (Fsp3) is 0.581. The van der Waals surface area contributed by atoms with Crippen LogP contribution in [0.4, 0.5) is 4.79 Å². The molecular formula is C31H47NO6Si. The second kappa shape index (κ2) is 13.9. The number of aliphatic hydroxyl groups is 2. The van der Waals surface area contributed by atoms with Crippen LogP contribution in [0.25, 0.3) is 0 Å². The van der Waals surface area contributed by atoms with E-state index in [1.807, 2.05) is 50.2 Å². The van der Waals surface area contributed by atoms with Gasteiger partial charge in [-0.3, -0.25) is 4.90 Å². The molecule has 1 fully saturated rings. The number of benzene rings is 2. The Morgan fingerprint density at radius 3 is 2.05 bits per heavy atom. The first kappa shape index (κ1) is 31.3. The molecular weight excluding hydrogens is 510 g/mol. The molecule has 0 saturated carbocycles. The number of carbonyl (C=O) groups is 1. The van der Waals surface area contributed by atoms with E-state index in [9.17, 15) is 15.0 Å². The molecule has 4 atom stereocenters. The van der Waals surface area contributed by atoms with Crippen molar-refractivity contribution >= 4 is 24.8 Å². The van der Waals surface area contributed by atoms with Gasteiger partial charge in [0, 0.05) is 6.54 Å². The van der Waals surface area contributed by atoms with Gasteiger partial charge in [0.25, 0.3) is 8.32 Å². The summed E-state index contributed by atoms with van der Waals surface area (Å²) in [6, 6.07) is 20.3. The molecule has 216 valence electrons. The SMILES string of the molecule is CCCCN1C[C@H](OC(=O)OCC(C)C)[C@@H](O)[C@H](O)[C@H]1CO[Si](c1ccccc1)(c1ccccc1)C(C)(C)C. The van der Waals surface area contributed by atoms with Crippen LogP contribution in [0.1, 0.15) is 54.4 Å². The molecule has 2 aromatic rings. The van der Waals surface area contributed by atoms with Gasteiger partial charge in [-0.15, -0.1) is 0 Å². The van der Waals surface area contributed by atoms with Crippen molar-refractivity contribution in [2.75, 3.05) is 26.3 Å². The molecule has 3 rings (SSSR count). The van der Waals surface area contributed by atoms with Crippen LogP contribution in [0.2, 0.25) is 5.04 Å². The van der Waals surface area contributed by atoms with Crippen LogP contribution in [0.3, 0.4) is 0 Å². The van der Waals surface area contributed by atoms with Crippen molar-refractivity contribution in [3.05, 3.63) is 60.7 Å². The van der Waals surface area contributed by atoms with E-state index < -0.39 is 38.8 Å². The van der Waals surface area contributed by atoms with Crippen molar-refractivity contribution in [2.24, 2.45) is 5.92 Å². The van der Waals surface area contributed by atoms with Gasteiger partial charge in [0.05, 0.1) is 19.3 Å². The van der Waals surface area contributed by atoms with Crippen molar-refractivity contribution in [3.63, 3.8) is 0 Å². The Bertz CT molecular complexity index is 973. The molecule has 0 unspecified atom stereocenters. The summed E-state index contributed by atoms with van der Waals surface area (Å²) in [4.78, 5) is 14.4. The van der Waals surface area contributed by atoms with Gasteiger partial charge in [0.1, 0.15) is 18.3 Å². The van der Waals surface area contributed by atoms with Crippen molar-refractivity contribution in [1.82, 2.24) is 4.90 Å². The number of aliphatic hydroxyl groups excluding tert-OH is 2. The highest BCUT2D eigenvalue weighted by atomic mass is 28.4. The Morgan fingerprint density at radius 2 is 1.56 bits per heavy atom. The molecule has 0 aliphatic carbocycles. The lowest BCUT2D eigenvalue weighted by molar-refractivity contribution is -0.151. The van der Waals surface area contributed by atoms with Crippen LogP contribution in [0.5, 0.6) is 0 Å². The van der Waals surface area contributed by atoms with E-state index in [1.165, 1.54) is 0 Å². The second-order valence-corrected chi connectivity index (χ2v) is 16.3. The number of hydrogen-bond acceptors (Lipinski definition) is 7. The summed E-state index contributed by atoms with van der Waals surface area (Å²) >= 11 is 0. The number of rotatable bonds is 11. The fourth-order valence-corrected chi connectivity index (χ4v) is 10.0. The first-order valence-electron chi connectivity index (χ1n) is 14.2. The number of hydrogen-bond donors (Lipinski definition) is 2. The first-order chi connectivity index (χ1) is 18.5. The summed E-state index contributed by atoms with van der Waals surface area (Å²) < 4.78 is 17.8. The third-order valence-corrected chi connectivity index (χ3v) is 12.5. The maximum absolute atomic E-state index is 12.3. The molecule has 7 nitrogen and oxygen atoms in total. The summed E-state index contributed by atoms with van der Waals surface area (Å²) in [5, 5.41) is 24.5. The standard InChI is InChI=1S/C31H47NO6Si/c1-7-8-19-32-20-27(38-30(35)36-21-23(2)3)29(34)28(33)26(32)22-37-39(31(4,5)6,24-15-11-9-12-16-24)25-17-13-10-14-18-25/h9-18,23,26-29,33-34H,7-8,19-22H2,1-6H3/t26-,27+,28-,29-/m1/s1. The Labute approximate surface area is 235 Å². The number of likely N-dealkylation sites (tertiary alicyclic amines) is 1. The average Bonchev–Trinajstić information content (AvgIpc) is 2.91. The van der Waals surface area contributed by atoms with Gasteiger partial charge in [-0.1, -0.05) is 109 Å². The predicted molar refractivity (Wildman–Crippen MR) is 157 cm³/mol. The highest BCUT2D eigenvalue weighted by Gasteiger charge is 2.52. The van der Waals surface area contributed by atoms with E-state index in [2.05, 4.69) is 56.9 Å². The fourth-order valence-electron chi connectivity index (χ4n) is 5.43. The smallest absolute Gasteiger partial charge is 0.434 e. The van der Waals surface area contributed by atoms with Crippen molar-refractivity contribution in [2.45, 2.75) is 83.8 Å². The second-order valence-electron chi connectivity index (χ2n) is 12.0. The van der Waals surface area contributed by atoms with Crippen LogP contribution in [0, 0.1) is 5.92 Å². The predicted octanol–water partition coefficient (Wildman–Crippen LogP) is 3.95. The molecule has 2 aromatic carbocycles. The van der Waals surface area contributed by atoms with E-state index in [4.69, 9.17) is 13.9 Å². The lowest BCUT2D eigenvalue weighted by atomic mass is 9.94. The Kier molecular flexibility index (Phi) is 11.2. The third-order valence-electron chi connectivity index (χ3n) is 7.48. The summed E-state index contributed by atoms with van der Waals surface area (Å²) in [7, 11) is -2.84. The summed E-state index contributed by atoms with van der Waals surface area (Å²) in [6.07, 6.45) is -2.24. The van der Waals surface area contributed by atoms with Gasteiger partial charge in [0.15, 0.2) is 0 Å². The van der Waals surface area contributed by atoms with Gasteiger partial charge in [-0.2, -0.15) is 0 Å². The average molecular weight is 558 g/mol. The van der Waals surface area contributed by atoms with E-state index in [-0.39, 0.29) is 24.2 Å². The molecule has 0 spiro atoms. The molecule has 0 amide bonds. The number of carbonyl (C=O) groups excluding carboxylic acids is 1. The Hall–Kier alpha value is -2.23. The van der Waals surface area contributed by atoms with Crippen LogP contribution >= 0.6 is 0 Å². The minimum atomic E-state index is -2.84. The van der Waals surface area contributed by atoms with E-state index in [1.54, 1.807) is 0 Å². The van der Waals surface area contributed by atoms with Crippen LogP contribution in [-0.2, 0) is 13.9 Å².